The van der Waals surface area contributed by atoms with Crippen LogP contribution < -0.4 is 10.5 Å². The fraction of sp³-hybridized carbons (Fsp3) is 0.190. The van der Waals surface area contributed by atoms with Crippen LogP contribution >= 0.6 is 0 Å². The summed E-state index contributed by atoms with van der Waals surface area (Å²) >= 11 is 0. The molecule has 1 N–H and O–H groups in total. The van der Waals surface area contributed by atoms with Crippen LogP contribution in [0, 0.1) is 29.1 Å². The van der Waals surface area contributed by atoms with E-state index in [-0.39, 0.29) is 37.4 Å². The first-order valence-electron chi connectivity index (χ1n) is 9.84. The highest BCUT2D eigenvalue weighted by molar-refractivity contribution is 6.00. The lowest BCUT2D eigenvalue weighted by Gasteiger charge is -2.36. The molecule has 0 unspecified atom stereocenters. The molecule has 0 atom stereocenters. The lowest BCUT2D eigenvalue weighted by Crippen LogP contribution is -2.49. The SMILES string of the molecule is O=C(c1cnn2c1[nH]c(=O)c1ccccc12)N1CCN(c2c(F)c(F)c(F)c(F)c2F)CC1. The van der Waals surface area contributed by atoms with Crippen LogP contribution in [-0.4, -0.2) is 51.6 Å². The van der Waals surface area contributed by atoms with Crippen molar-refractivity contribution in [2.24, 2.45) is 0 Å². The van der Waals surface area contributed by atoms with Crippen molar-refractivity contribution >= 4 is 28.1 Å². The van der Waals surface area contributed by atoms with Crippen LogP contribution in [-0.2, 0) is 0 Å². The molecule has 0 spiro atoms. The zero-order chi connectivity index (χ0) is 23.4. The standard InChI is InChI=1S/C21H14F5N5O2/c22-13-14(23)16(25)18(17(26)15(13)24)29-5-7-30(8-6-29)21(33)11-9-27-31-12-4-2-1-3-10(12)20(32)28-19(11)31/h1-4,9H,5-8H2,(H,28,32). The predicted octanol–water partition coefficient (Wildman–Crippen LogP) is 2.83. The van der Waals surface area contributed by atoms with E-state index in [1.54, 1.807) is 24.3 Å². The molecule has 0 saturated carbocycles. The van der Waals surface area contributed by atoms with Crippen LogP contribution in [0.4, 0.5) is 27.6 Å². The molecule has 1 amide bonds. The second-order valence-corrected chi connectivity index (χ2v) is 7.49. The van der Waals surface area contributed by atoms with Crippen LogP contribution in [0.3, 0.4) is 0 Å². The first-order valence-corrected chi connectivity index (χ1v) is 9.84. The maximum Gasteiger partial charge on any atom is 0.259 e. The quantitative estimate of drug-likeness (QED) is 0.282. The predicted molar refractivity (Wildman–Crippen MR) is 108 cm³/mol. The van der Waals surface area contributed by atoms with Gasteiger partial charge in [0.2, 0.25) is 5.82 Å². The molecule has 12 heteroatoms. The molecular formula is C21H14F5N5O2. The van der Waals surface area contributed by atoms with Crippen molar-refractivity contribution in [1.29, 1.82) is 0 Å². The number of aromatic nitrogens is 3. The van der Waals surface area contributed by atoms with E-state index in [2.05, 4.69) is 10.1 Å². The van der Waals surface area contributed by atoms with Gasteiger partial charge in [0.25, 0.3) is 11.5 Å². The number of H-pyrrole nitrogens is 1. The van der Waals surface area contributed by atoms with E-state index in [1.165, 1.54) is 15.6 Å². The molecule has 2 aromatic heterocycles. The third-order valence-electron chi connectivity index (χ3n) is 5.68. The lowest BCUT2D eigenvalue weighted by molar-refractivity contribution is 0.0748. The minimum Gasteiger partial charge on any atom is -0.363 e. The number of hydrogen-bond acceptors (Lipinski definition) is 4. The van der Waals surface area contributed by atoms with E-state index >= 15 is 0 Å². The van der Waals surface area contributed by atoms with E-state index in [0.717, 1.165) is 4.90 Å². The topological polar surface area (TPSA) is 73.7 Å². The molecule has 1 fully saturated rings. The van der Waals surface area contributed by atoms with E-state index < -0.39 is 46.2 Å². The number of amides is 1. The summed E-state index contributed by atoms with van der Waals surface area (Å²) in [5.41, 5.74) is -0.617. The Bertz CT molecular complexity index is 1460. The number of para-hydroxylation sites is 1. The van der Waals surface area contributed by atoms with Gasteiger partial charge in [0.05, 0.1) is 17.1 Å². The van der Waals surface area contributed by atoms with Crippen LogP contribution in [0.1, 0.15) is 10.4 Å². The van der Waals surface area contributed by atoms with Gasteiger partial charge in [-0.1, -0.05) is 12.1 Å². The summed E-state index contributed by atoms with van der Waals surface area (Å²) in [6, 6.07) is 6.73. The first-order chi connectivity index (χ1) is 15.8. The number of aromatic amines is 1. The Hall–Kier alpha value is -3.96. The maximum absolute atomic E-state index is 14.1. The molecule has 5 rings (SSSR count). The largest absolute Gasteiger partial charge is 0.363 e. The number of piperazine rings is 1. The van der Waals surface area contributed by atoms with Gasteiger partial charge in [0.15, 0.2) is 23.3 Å². The number of benzene rings is 2. The second kappa shape index (κ2) is 7.57. The van der Waals surface area contributed by atoms with Crippen LogP contribution in [0.25, 0.3) is 16.6 Å². The summed E-state index contributed by atoms with van der Waals surface area (Å²) in [4.78, 5) is 30.5. The molecule has 170 valence electrons. The highest BCUT2D eigenvalue weighted by atomic mass is 19.2. The molecule has 0 bridgehead atoms. The molecule has 3 heterocycles. The molecule has 1 aliphatic heterocycles. The number of hydrogen-bond donors (Lipinski definition) is 1. The number of nitrogens with one attached hydrogen (secondary N) is 1. The summed E-state index contributed by atoms with van der Waals surface area (Å²) in [5, 5.41) is 4.58. The molecule has 7 nitrogen and oxygen atoms in total. The number of carbonyl (C=O) groups excluding carboxylic acids is 1. The Morgan fingerprint density at radius 2 is 1.48 bits per heavy atom. The van der Waals surface area contributed by atoms with Gasteiger partial charge in [-0.3, -0.25) is 9.59 Å². The molecular weight excluding hydrogens is 449 g/mol. The van der Waals surface area contributed by atoms with Gasteiger partial charge in [-0.25, -0.2) is 26.5 Å². The van der Waals surface area contributed by atoms with Crippen molar-refractivity contribution in [3.8, 4) is 0 Å². The van der Waals surface area contributed by atoms with Crippen LogP contribution in [0.15, 0.2) is 35.3 Å². The summed E-state index contributed by atoms with van der Waals surface area (Å²) < 4.78 is 70.1. The smallest absolute Gasteiger partial charge is 0.259 e. The van der Waals surface area contributed by atoms with Crippen molar-refractivity contribution in [3.63, 3.8) is 0 Å². The third-order valence-corrected chi connectivity index (χ3v) is 5.68. The summed E-state index contributed by atoms with van der Waals surface area (Å²) in [7, 11) is 0. The van der Waals surface area contributed by atoms with Gasteiger partial charge >= 0.3 is 0 Å². The zero-order valence-corrected chi connectivity index (χ0v) is 16.7. The third kappa shape index (κ3) is 3.12. The first kappa shape index (κ1) is 20.9. The summed E-state index contributed by atoms with van der Waals surface area (Å²) in [5.74, 6) is -10.6. The van der Waals surface area contributed by atoms with E-state index in [1.807, 2.05) is 0 Å². The number of nitrogens with zero attached hydrogens (tertiary/aromatic N) is 4. The highest BCUT2D eigenvalue weighted by Gasteiger charge is 2.32. The Morgan fingerprint density at radius 3 is 2.15 bits per heavy atom. The van der Waals surface area contributed by atoms with Crippen molar-refractivity contribution in [1.82, 2.24) is 19.5 Å². The van der Waals surface area contributed by atoms with Gasteiger partial charge in [0.1, 0.15) is 16.9 Å². The fourth-order valence-corrected chi connectivity index (χ4v) is 4.01. The van der Waals surface area contributed by atoms with Gasteiger partial charge in [-0.2, -0.15) is 5.10 Å². The number of rotatable bonds is 2. The van der Waals surface area contributed by atoms with Crippen molar-refractivity contribution in [3.05, 3.63) is 75.5 Å². The van der Waals surface area contributed by atoms with E-state index in [4.69, 9.17) is 0 Å². The van der Waals surface area contributed by atoms with Crippen molar-refractivity contribution < 1.29 is 26.7 Å². The van der Waals surface area contributed by atoms with Gasteiger partial charge in [0, 0.05) is 26.2 Å². The normalized spacial score (nSPS) is 14.5. The zero-order valence-electron chi connectivity index (χ0n) is 16.7. The number of anilines is 1. The minimum absolute atomic E-state index is 0.0481. The van der Waals surface area contributed by atoms with E-state index in [9.17, 15) is 31.5 Å². The minimum atomic E-state index is -2.22. The van der Waals surface area contributed by atoms with Crippen molar-refractivity contribution in [2.75, 3.05) is 31.1 Å². The monoisotopic (exact) mass is 463 g/mol. The Labute approximate surface area is 181 Å². The van der Waals surface area contributed by atoms with Gasteiger partial charge in [-0.15, -0.1) is 0 Å². The maximum atomic E-state index is 14.1. The molecule has 4 aromatic rings. The second-order valence-electron chi connectivity index (χ2n) is 7.49. The number of carbonyl (C=O) groups is 1. The molecule has 0 aliphatic carbocycles. The van der Waals surface area contributed by atoms with Gasteiger partial charge < -0.3 is 14.8 Å². The summed E-state index contributed by atoms with van der Waals surface area (Å²) in [6.07, 6.45) is 1.30. The Morgan fingerprint density at radius 1 is 0.879 bits per heavy atom. The summed E-state index contributed by atoms with van der Waals surface area (Å²) in [6.45, 7) is -0.424. The average Bonchev–Trinajstić information content (AvgIpc) is 3.25. The number of halogens is 5. The molecule has 2 aromatic carbocycles. The van der Waals surface area contributed by atoms with Gasteiger partial charge in [-0.05, 0) is 12.1 Å². The van der Waals surface area contributed by atoms with Crippen LogP contribution in [0.5, 0.6) is 0 Å². The van der Waals surface area contributed by atoms with Crippen molar-refractivity contribution in [2.45, 2.75) is 0 Å². The molecule has 0 radical (unpaired) electrons. The molecule has 1 aliphatic rings. The molecule has 1 saturated heterocycles. The Kier molecular flexibility index (Phi) is 4.80. The van der Waals surface area contributed by atoms with E-state index in [0.29, 0.717) is 10.9 Å². The molecule has 33 heavy (non-hydrogen) atoms. The Balaban J connectivity index is 1.42. The van der Waals surface area contributed by atoms with Crippen LogP contribution in [0.2, 0.25) is 0 Å². The average molecular weight is 463 g/mol. The fourth-order valence-electron chi connectivity index (χ4n) is 4.01. The lowest BCUT2D eigenvalue weighted by atomic mass is 10.2. The highest BCUT2D eigenvalue weighted by Crippen LogP contribution is 2.31. The number of fused-ring (bicyclic) bond motifs is 3.